The zero-order valence-corrected chi connectivity index (χ0v) is 40.6. The number of amides is 2. The highest BCUT2D eigenvalue weighted by Gasteiger charge is 2.45. The van der Waals surface area contributed by atoms with Crippen LogP contribution < -0.4 is 15.4 Å². The second-order valence-corrected chi connectivity index (χ2v) is 20.9. The van der Waals surface area contributed by atoms with Gasteiger partial charge in [-0.2, -0.15) is 0 Å². The van der Waals surface area contributed by atoms with Crippen molar-refractivity contribution < 1.29 is 38.4 Å². The van der Waals surface area contributed by atoms with Gasteiger partial charge in [-0.15, -0.1) is 0 Å². The average Bonchev–Trinajstić information content (AvgIpc) is 4.20. The van der Waals surface area contributed by atoms with E-state index in [0.717, 1.165) is 65.8 Å². The summed E-state index contributed by atoms with van der Waals surface area (Å²) in [6, 6.07) is 10.2. The molecular formula is C52H68FN9O7. The third-order valence-electron chi connectivity index (χ3n) is 16.2. The van der Waals surface area contributed by atoms with Crippen LogP contribution in [0.1, 0.15) is 128 Å². The average molecular weight is 950 g/mol. The molecule has 16 nitrogen and oxygen atoms in total. The van der Waals surface area contributed by atoms with Crippen LogP contribution in [0, 0.1) is 29.0 Å². The Kier molecular flexibility index (Phi) is 13.1. The Labute approximate surface area is 402 Å². The first-order valence-electron chi connectivity index (χ1n) is 25.1. The van der Waals surface area contributed by atoms with Crippen molar-refractivity contribution in [2.24, 2.45) is 23.2 Å². The lowest BCUT2D eigenvalue weighted by Crippen LogP contribution is -2.55. The van der Waals surface area contributed by atoms with Gasteiger partial charge in [0.2, 0.25) is 12.3 Å². The maximum atomic E-state index is 17.0. The molecule has 2 saturated carbocycles. The number of hydrogen-bond acceptors (Lipinski definition) is 11. The number of alkyl carbamates (subject to hydrolysis) is 1. The van der Waals surface area contributed by atoms with Crippen molar-refractivity contribution in [3.05, 3.63) is 66.3 Å². The molecule has 3 unspecified atom stereocenters. The molecule has 2 aromatic carbocycles. The minimum absolute atomic E-state index is 0.0179. The Morgan fingerprint density at radius 1 is 0.855 bits per heavy atom. The zero-order valence-electron chi connectivity index (χ0n) is 40.6. The molecule has 6 N–H and O–H groups in total. The van der Waals surface area contributed by atoms with Crippen LogP contribution in [0.15, 0.2) is 48.8 Å². The van der Waals surface area contributed by atoms with Crippen LogP contribution in [0.4, 0.5) is 9.18 Å². The Morgan fingerprint density at radius 2 is 1.55 bits per heavy atom. The van der Waals surface area contributed by atoms with Gasteiger partial charge in [0.1, 0.15) is 35.5 Å². The van der Waals surface area contributed by atoms with Crippen LogP contribution in [0.5, 0.6) is 5.75 Å². The summed E-state index contributed by atoms with van der Waals surface area (Å²) in [7, 11) is 2.70. The summed E-state index contributed by atoms with van der Waals surface area (Å²) in [5.41, 5.74) is 5.63. The van der Waals surface area contributed by atoms with E-state index in [9.17, 15) is 19.8 Å². The van der Waals surface area contributed by atoms with Gasteiger partial charge in [-0.1, -0.05) is 40.2 Å². The Bertz CT molecular complexity index is 2660. The highest BCUT2D eigenvalue weighted by molar-refractivity contribution is 5.92. The van der Waals surface area contributed by atoms with E-state index in [4.69, 9.17) is 24.2 Å². The number of carbonyl (C=O) groups is 2. The van der Waals surface area contributed by atoms with E-state index in [1.165, 1.54) is 52.4 Å². The van der Waals surface area contributed by atoms with Crippen molar-refractivity contribution in [3.63, 3.8) is 0 Å². The molecule has 2 saturated heterocycles. The highest BCUT2D eigenvalue weighted by atomic mass is 19.1. The first kappa shape index (κ1) is 47.4. The molecule has 3 aromatic heterocycles. The summed E-state index contributed by atoms with van der Waals surface area (Å²) in [5, 5.41) is 28.5. The van der Waals surface area contributed by atoms with Gasteiger partial charge in [0.25, 0.3) is 0 Å². The molecule has 5 aliphatic rings. The fraction of sp³-hybridized carbons (Fsp3) is 0.577. The summed E-state index contributed by atoms with van der Waals surface area (Å²) >= 11 is 0. The number of rotatable bonds is 14. The minimum Gasteiger partial charge on any atom is -0.469 e. The van der Waals surface area contributed by atoms with E-state index < -0.39 is 36.6 Å². The van der Waals surface area contributed by atoms with Crippen molar-refractivity contribution in [2.75, 3.05) is 27.3 Å². The lowest BCUT2D eigenvalue weighted by molar-refractivity contribution is -0.135. The van der Waals surface area contributed by atoms with Gasteiger partial charge < -0.3 is 49.2 Å². The molecule has 0 radical (unpaired) electrons. The normalized spacial score (nSPS) is 23.2. The number of aromatic amines is 2. The van der Waals surface area contributed by atoms with Gasteiger partial charge >= 0.3 is 6.09 Å². The summed E-state index contributed by atoms with van der Waals surface area (Å²) in [6.07, 6.45) is 12.0. The number of aromatic nitrogens is 5. The molecule has 2 aliphatic carbocycles. The van der Waals surface area contributed by atoms with E-state index in [-0.39, 0.29) is 42.0 Å². The molecule has 5 aromatic rings. The zero-order chi connectivity index (χ0) is 48.3. The van der Waals surface area contributed by atoms with Crippen LogP contribution in [0.2, 0.25) is 0 Å². The maximum absolute atomic E-state index is 17.0. The number of nitrogens with zero attached hydrogens (tertiary/aromatic N) is 5. The van der Waals surface area contributed by atoms with Crippen molar-refractivity contribution in [2.45, 2.75) is 141 Å². The van der Waals surface area contributed by atoms with Gasteiger partial charge in [0.15, 0.2) is 6.23 Å². The summed E-state index contributed by atoms with van der Waals surface area (Å²) in [6.45, 7) is 8.98. The number of H-pyrrole nitrogens is 2. The van der Waals surface area contributed by atoms with Gasteiger partial charge in [0.05, 0.1) is 65.8 Å². The van der Waals surface area contributed by atoms with Crippen LogP contribution in [-0.2, 0) is 14.3 Å². The number of hydrogen-bond donors (Lipinski definition) is 6. The fourth-order valence-corrected chi connectivity index (χ4v) is 12.1. The van der Waals surface area contributed by atoms with E-state index >= 15 is 4.39 Å². The molecule has 3 aliphatic heterocycles. The topological polar surface area (TPSA) is 195 Å². The van der Waals surface area contributed by atoms with Crippen LogP contribution in [0.3, 0.4) is 0 Å². The third kappa shape index (κ3) is 8.83. The van der Waals surface area contributed by atoms with Crippen molar-refractivity contribution in [3.8, 4) is 39.5 Å². The largest absolute Gasteiger partial charge is 0.469 e. The number of aliphatic hydroxyl groups excluding tert-OH is 2. The van der Waals surface area contributed by atoms with E-state index in [1.807, 2.05) is 44.9 Å². The maximum Gasteiger partial charge on any atom is 0.407 e. The molecular weight excluding hydrogens is 882 g/mol. The third-order valence-corrected chi connectivity index (χ3v) is 16.2. The number of methoxy groups -OCH3 is 2. The molecule has 2 amide bonds. The van der Waals surface area contributed by atoms with Crippen LogP contribution in [0.25, 0.3) is 44.7 Å². The SMILES string of the molecule is COC(=O)N[C@H](C(=O)N1CCCC1c1ncc(-c2cc(F)c3c(c2)OC(C2CCC4(CCC4)CC2)n2c-3cc3cc(-c4cnc([C@@H]5CCCN5[C@H](O)[C@@H](NC(O)OC)C(C)C)[nH]4)ccc32)[nH]1)C(C)C. The number of imidazole rings is 2. The van der Waals surface area contributed by atoms with Gasteiger partial charge in [-0.3, -0.25) is 15.0 Å². The molecule has 7 atom stereocenters. The monoisotopic (exact) mass is 950 g/mol. The number of fused-ring (bicyclic) bond motifs is 5. The Hall–Kier alpha value is -5.33. The summed E-state index contributed by atoms with van der Waals surface area (Å²) in [5.74, 6) is 1.36. The van der Waals surface area contributed by atoms with Gasteiger partial charge in [-0.25, -0.2) is 19.2 Å². The molecule has 6 heterocycles. The number of aliphatic hydroxyl groups is 2. The summed E-state index contributed by atoms with van der Waals surface area (Å²) < 4.78 is 36.1. The second-order valence-electron chi connectivity index (χ2n) is 20.9. The molecule has 69 heavy (non-hydrogen) atoms. The number of ether oxygens (including phenoxy) is 3. The van der Waals surface area contributed by atoms with Crippen molar-refractivity contribution in [1.29, 1.82) is 0 Å². The van der Waals surface area contributed by atoms with Crippen molar-refractivity contribution in [1.82, 2.24) is 44.9 Å². The number of benzene rings is 2. The first-order valence-corrected chi connectivity index (χ1v) is 25.1. The van der Waals surface area contributed by atoms with Crippen molar-refractivity contribution >= 4 is 22.9 Å². The minimum atomic E-state index is -1.20. The van der Waals surface area contributed by atoms with Gasteiger partial charge in [-0.05, 0) is 112 Å². The highest BCUT2D eigenvalue weighted by Crippen LogP contribution is 2.56. The number of likely N-dealkylation sites (tertiary alicyclic amines) is 2. The second kappa shape index (κ2) is 19.1. The molecule has 4 fully saturated rings. The standard InChI is InChI=1S/C52H68FN9O7/c1-28(2)43(58-50(65)67-5)47(63)60-20-7-10-38(60)45-54-26-35(56-45)31-12-13-37-33(22-31)24-40-42-34(53)23-32(25-41(42)69-49(62(37)40)30-14-18-52(19-15-30)16-9-17-52)36-27-55-46(57-36)39-11-8-21-61(39)48(64)44(29(3)4)59-51(66)68-6/h12-13,22-30,38-39,43-44,47,49-50,58,63,65H,7-11,14-21H2,1-6H3,(H,54,56)(H,55,57)(H,59,66)/t38-,39?,43-,44-,47+,49?,50?/m0/s1. The van der Waals surface area contributed by atoms with E-state index in [1.54, 1.807) is 11.1 Å². The Morgan fingerprint density at radius 3 is 2.22 bits per heavy atom. The molecule has 0 bridgehead atoms. The first-order chi connectivity index (χ1) is 33.3. The predicted molar refractivity (Wildman–Crippen MR) is 258 cm³/mol. The summed E-state index contributed by atoms with van der Waals surface area (Å²) in [4.78, 5) is 46.4. The molecule has 370 valence electrons. The number of nitrogens with one attached hydrogen (secondary N) is 4. The quantitative estimate of drug-likeness (QED) is 0.0585. The van der Waals surface area contributed by atoms with Gasteiger partial charge in [0, 0.05) is 42.6 Å². The lowest BCUT2D eigenvalue weighted by Gasteiger charge is -2.48. The Balaban J connectivity index is 0.952. The predicted octanol–water partition coefficient (Wildman–Crippen LogP) is 8.52. The molecule has 10 rings (SSSR count). The van der Waals surface area contributed by atoms with E-state index in [0.29, 0.717) is 53.3 Å². The number of halogens is 1. The van der Waals surface area contributed by atoms with Crippen LogP contribution >= 0.6 is 0 Å². The van der Waals surface area contributed by atoms with Crippen LogP contribution in [-0.4, -0.2) is 109 Å². The van der Waals surface area contributed by atoms with E-state index in [2.05, 4.69) is 49.4 Å². The fourth-order valence-electron chi connectivity index (χ4n) is 12.1. The number of carbonyl (C=O) groups excluding carboxylic acids is 2. The lowest BCUT2D eigenvalue weighted by atomic mass is 9.59. The molecule has 17 heteroatoms. The molecule has 1 spiro atoms. The smallest absolute Gasteiger partial charge is 0.407 e.